The maximum atomic E-state index is 10.2. The van der Waals surface area contributed by atoms with Crippen LogP contribution in [0.3, 0.4) is 0 Å². The molecule has 0 aliphatic rings. The van der Waals surface area contributed by atoms with Crippen LogP contribution in [0.4, 0.5) is 0 Å². The van der Waals surface area contributed by atoms with E-state index in [1.807, 2.05) is 24.3 Å². The largest absolute Gasteiger partial charge is 0.508 e. The topological polar surface area (TPSA) is 40.5 Å². The summed E-state index contributed by atoms with van der Waals surface area (Å²) >= 11 is 0. The standard InChI is InChI=1S/C24H34O2/c1-15(2)14-24(7,18-8-10-22(25)20(12-18)16(3)4)19-9-11-23(26)21(13-19)17(5)6/h8-13,15-17,25-26H,14H2,1-7H3. The number of phenolic OH excluding ortho intramolecular Hbond substituents is 2. The molecule has 2 aromatic rings. The fraction of sp³-hybridized carbons (Fsp3) is 0.500. The Bertz CT molecular complexity index is 699. The first-order valence-electron chi connectivity index (χ1n) is 9.73. The number of phenols is 2. The van der Waals surface area contributed by atoms with Crippen LogP contribution in [0.2, 0.25) is 0 Å². The van der Waals surface area contributed by atoms with E-state index in [1.165, 1.54) is 11.1 Å². The van der Waals surface area contributed by atoms with Gasteiger partial charge in [-0.1, -0.05) is 72.7 Å². The van der Waals surface area contributed by atoms with Gasteiger partial charge in [-0.05, 0) is 58.6 Å². The molecule has 2 aromatic carbocycles. The molecule has 0 bridgehead atoms. The summed E-state index contributed by atoms with van der Waals surface area (Å²) in [7, 11) is 0. The summed E-state index contributed by atoms with van der Waals surface area (Å²) in [6, 6.07) is 12.1. The summed E-state index contributed by atoms with van der Waals surface area (Å²) in [5, 5.41) is 20.5. The second-order valence-corrected chi connectivity index (χ2v) is 8.79. The fourth-order valence-corrected chi connectivity index (χ4v) is 3.94. The van der Waals surface area contributed by atoms with Crippen molar-refractivity contribution in [1.82, 2.24) is 0 Å². The third-order valence-electron chi connectivity index (χ3n) is 5.39. The molecule has 0 spiro atoms. The van der Waals surface area contributed by atoms with Gasteiger partial charge in [-0.15, -0.1) is 0 Å². The van der Waals surface area contributed by atoms with Crippen molar-refractivity contribution in [3.63, 3.8) is 0 Å². The van der Waals surface area contributed by atoms with E-state index in [9.17, 15) is 10.2 Å². The van der Waals surface area contributed by atoms with Crippen molar-refractivity contribution in [2.75, 3.05) is 0 Å². The van der Waals surface area contributed by atoms with Crippen molar-refractivity contribution in [3.8, 4) is 11.5 Å². The van der Waals surface area contributed by atoms with Crippen molar-refractivity contribution < 1.29 is 10.2 Å². The van der Waals surface area contributed by atoms with Crippen LogP contribution >= 0.6 is 0 Å². The van der Waals surface area contributed by atoms with Gasteiger partial charge in [-0.3, -0.25) is 0 Å². The van der Waals surface area contributed by atoms with E-state index in [-0.39, 0.29) is 17.3 Å². The molecule has 0 saturated heterocycles. The van der Waals surface area contributed by atoms with Gasteiger partial charge in [0.1, 0.15) is 11.5 Å². The summed E-state index contributed by atoms with van der Waals surface area (Å²) < 4.78 is 0. The van der Waals surface area contributed by atoms with Gasteiger partial charge in [0, 0.05) is 5.41 Å². The third-order valence-corrected chi connectivity index (χ3v) is 5.39. The summed E-state index contributed by atoms with van der Waals surface area (Å²) in [6.45, 7) is 15.2. The lowest BCUT2D eigenvalue weighted by Crippen LogP contribution is -2.26. The van der Waals surface area contributed by atoms with E-state index in [4.69, 9.17) is 0 Å². The zero-order valence-electron chi connectivity index (χ0n) is 17.3. The average molecular weight is 355 g/mol. The van der Waals surface area contributed by atoms with E-state index in [0.717, 1.165) is 17.5 Å². The normalized spacial score (nSPS) is 12.4. The first-order valence-corrected chi connectivity index (χ1v) is 9.73. The van der Waals surface area contributed by atoms with Crippen molar-refractivity contribution >= 4 is 0 Å². The van der Waals surface area contributed by atoms with Gasteiger partial charge in [-0.2, -0.15) is 0 Å². The molecule has 2 N–H and O–H groups in total. The first-order chi connectivity index (χ1) is 12.1. The van der Waals surface area contributed by atoms with E-state index < -0.39 is 0 Å². The maximum absolute atomic E-state index is 10.2. The van der Waals surface area contributed by atoms with Crippen LogP contribution in [-0.2, 0) is 5.41 Å². The minimum Gasteiger partial charge on any atom is -0.508 e. The van der Waals surface area contributed by atoms with E-state index in [1.54, 1.807) is 0 Å². The molecule has 26 heavy (non-hydrogen) atoms. The Hall–Kier alpha value is -1.96. The van der Waals surface area contributed by atoms with E-state index in [0.29, 0.717) is 17.4 Å². The van der Waals surface area contributed by atoms with Gasteiger partial charge in [0.05, 0.1) is 0 Å². The maximum Gasteiger partial charge on any atom is 0.119 e. The predicted molar refractivity (Wildman–Crippen MR) is 110 cm³/mol. The van der Waals surface area contributed by atoms with Crippen LogP contribution in [0.25, 0.3) is 0 Å². The fourth-order valence-electron chi connectivity index (χ4n) is 3.94. The number of hydrogen-bond acceptors (Lipinski definition) is 2. The molecule has 0 fully saturated rings. The highest BCUT2D eigenvalue weighted by Gasteiger charge is 2.31. The number of hydrogen-bond donors (Lipinski definition) is 2. The molecule has 142 valence electrons. The number of benzene rings is 2. The number of rotatable bonds is 6. The molecule has 2 rings (SSSR count). The second-order valence-electron chi connectivity index (χ2n) is 8.79. The zero-order chi connectivity index (χ0) is 19.6. The van der Waals surface area contributed by atoms with Crippen LogP contribution in [0.5, 0.6) is 11.5 Å². The summed E-state index contributed by atoms with van der Waals surface area (Å²) in [5.41, 5.74) is 4.23. The van der Waals surface area contributed by atoms with Gasteiger partial charge in [-0.25, -0.2) is 0 Å². The van der Waals surface area contributed by atoms with Gasteiger partial charge in [0.15, 0.2) is 0 Å². The Morgan fingerprint density at radius 3 is 1.42 bits per heavy atom. The molecule has 2 nitrogen and oxygen atoms in total. The Morgan fingerprint density at radius 1 is 0.731 bits per heavy atom. The van der Waals surface area contributed by atoms with Crippen molar-refractivity contribution in [1.29, 1.82) is 0 Å². The van der Waals surface area contributed by atoms with Crippen LogP contribution in [0.15, 0.2) is 36.4 Å². The highest BCUT2D eigenvalue weighted by molar-refractivity contribution is 5.48. The van der Waals surface area contributed by atoms with Gasteiger partial charge >= 0.3 is 0 Å². The Balaban J connectivity index is 2.67. The van der Waals surface area contributed by atoms with E-state index in [2.05, 4.69) is 60.6 Å². The van der Waals surface area contributed by atoms with Crippen LogP contribution in [-0.4, -0.2) is 10.2 Å². The Labute approximate surface area is 158 Å². The highest BCUT2D eigenvalue weighted by Crippen LogP contribution is 2.42. The number of aromatic hydroxyl groups is 2. The summed E-state index contributed by atoms with van der Waals surface area (Å²) in [4.78, 5) is 0. The molecule has 0 saturated carbocycles. The smallest absolute Gasteiger partial charge is 0.119 e. The average Bonchev–Trinajstić information content (AvgIpc) is 2.54. The van der Waals surface area contributed by atoms with Crippen LogP contribution in [0, 0.1) is 5.92 Å². The SMILES string of the molecule is CC(C)CC(C)(c1ccc(O)c(C(C)C)c1)c1ccc(O)c(C(C)C)c1. The lowest BCUT2D eigenvalue weighted by atomic mass is 9.70. The molecule has 0 atom stereocenters. The third kappa shape index (κ3) is 4.06. The van der Waals surface area contributed by atoms with Crippen LogP contribution < -0.4 is 0 Å². The van der Waals surface area contributed by atoms with Crippen molar-refractivity contribution in [2.45, 2.75) is 72.1 Å². The molecule has 0 heterocycles. The molecule has 0 aliphatic heterocycles. The molecular formula is C24H34O2. The minimum atomic E-state index is -0.178. The molecule has 0 aromatic heterocycles. The zero-order valence-corrected chi connectivity index (χ0v) is 17.3. The second kappa shape index (κ2) is 7.73. The monoisotopic (exact) mass is 354 g/mol. The highest BCUT2D eigenvalue weighted by atomic mass is 16.3. The molecule has 0 aliphatic carbocycles. The lowest BCUT2D eigenvalue weighted by molar-refractivity contribution is 0.422. The van der Waals surface area contributed by atoms with Crippen molar-refractivity contribution in [3.05, 3.63) is 58.7 Å². The molecule has 2 heteroatoms. The molecular weight excluding hydrogens is 320 g/mol. The molecule has 0 unspecified atom stereocenters. The van der Waals surface area contributed by atoms with E-state index >= 15 is 0 Å². The van der Waals surface area contributed by atoms with Gasteiger partial charge in [0.2, 0.25) is 0 Å². The Morgan fingerprint density at radius 2 is 1.12 bits per heavy atom. The quantitative estimate of drug-likeness (QED) is 0.606. The van der Waals surface area contributed by atoms with Gasteiger partial charge in [0.25, 0.3) is 0 Å². The Kier molecular flexibility index (Phi) is 6.05. The summed E-state index contributed by atoms with van der Waals surface area (Å²) in [5.74, 6) is 1.79. The van der Waals surface area contributed by atoms with Crippen molar-refractivity contribution in [2.24, 2.45) is 5.92 Å². The summed E-state index contributed by atoms with van der Waals surface area (Å²) in [6.07, 6.45) is 0.998. The minimum absolute atomic E-state index is 0.178. The molecule has 0 radical (unpaired) electrons. The van der Waals surface area contributed by atoms with Crippen LogP contribution in [0.1, 0.15) is 89.0 Å². The first kappa shape index (κ1) is 20.4. The predicted octanol–water partition coefficient (Wildman–Crippen LogP) is 6.70. The lowest BCUT2D eigenvalue weighted by Gasteiger charge is -2.34. The van der Waals surface area contributed by atoms with Gasteiger partial charge < -0.3 is 10.2 Å². The molecule has 0 amide bonds.